The highest BCUT2D eigenvalue weighted by molar-refractivity contribution is 7.92. The Kier molecular flexibility index (Phi) is 2.48. The second kappa shape index (κ2) is 3.51. The molecule has 2 rings (SSSR count). The summed E-state index contributed by atoms with van der Waals surface area (Å²) in [5, 5.41) is 5.80. The Morgan fingerprint density at radius 1 is 1.36 bits per heavy atom. The van der Waals surface area contributed by atoms with Crippen molar-refractivity contribution in [3.8, 4) is 0 Å². The number of rotatable bonds is 2. The molecule has 0 radical (unpaired) electrons. The lowest BCUT2D eigenvalue weighted by Gasteiger charge is -2.27. The highest BCUT2D eigenvalue weighted by Crippen LogP contribution is 2.11. The van der Waals surface area contributed by atoms with Crippen LogP contribution in [0.3, 0.4) is 0 Å². The molecule has 2 fully saturated rings. The Balaban J connectivity index is 1.78. The lowest BCUT2D eigenvalue weighted by Crippen LogP contribution is -2.56. The standard InChI is InChI=1S/C8H14N2O3S/c11-8(7-2-1-3-9-7)10-6-4-14(12,13)5-6/h6-7,9H,1-5H2,(H,10,11)/t7-/m0/s1. The number of carbonyl (C=O) groups excluding carboxylic acids is 1. The summed E-state index contributed by atoms with van der Waals surface area (Å²) in [5.74, 6) is 0.152. The lowest BCUT2D eigenvalue weighted by atomic mass is 10.2. The molecule has 0 unspecified atom stereocenters. The molecule has 2 saturated heterocycles. The highest BCUT2D eigenvalue weighted by atomic mass is 32.2. The molecule has 0 bridgehead atoms. The average molecular weight is 218 g/mol. The predicted molar refractivity (Wildman–Crippen MR) is 51.6 cm³/mol. The van der Waals surface area contributed by atoms with E-state index in [1.54, 1.807) is 0 Å². The van der Waals surface area contributed by atoms with Gasteiger partial charge in [0.15, 0.2) is 9.84 Å². The van der Waals surface area contributed by atoms with E-state index in [-0.39, 0.29) is 29.5 Å². The lowest BCUT2D eigenvalue weighted by molar-refractivity contribution is -0.123. The molecule has 1 amide bonds. The van der Waals surface area contributed by atoms with Crippen LogP contribution >= 0.6 is 0 Å². The molecular formula is C8H14N2O3S. The van der Waals surface area contributed by atoms with Crippen LogP contribution < -0.4 is 10.6 Å². The van der Waals surface area contributed by atoms with E-state index in [1.165, 1.54) is 0 Å². The second-order valence-corrected chi connectivity index (χ2v) is 6.09. The summed E-state index contributed by atoms with van der Waals surface area (Å²) in [6, 6.07) is -0.270. The van der Waals surface area contributed by atoms with E-state index in [0.717, 1.165) is 19.4 Å². The van der Waals surface area contributed by atoms with Crippen LogP contribution in [0, 0.1) is 0 Å². The van der Waals surface area contributed by atoms with Gasteiger partial charge in [-0.3, -0.25) is 4.79 Å². The molecule has 6 heteroatoms. The molecule has 2 heterocycles. The van der Waals surface area contributed by atoms with Crippen molar-refractivity contribution in [1.82, 2.24) is 10.6 Å². The maximum atomic E-state index is 11.5. The van der Waals surface area contributed by atoms with Gasteiger partial charge in [0.1, 0.15) is 0 Å². The average Bonchev–Trinajstić information content (AvgIpc) is 2.51. The Morgan fingerprint density at radius 3 is 2.57 bits per heavy atom. The van der Waals surface area contributed by atoms with Crippen molar-refractivity contribution < 1.29 is 13.2 Å². The summed E-state index contributed by atoms with van der Waals surface area (Å²) in [4.78, 5) is 11.5. The first-order valence-electron chi connectivity index (χ1n) is 4.81. The van der Waals surface area contributed by atoms with Crippen LogP contribution in [0.1, 0.15) is 12.8 Å². The van der Waals surface area contributed by atoms with E-state index in [0.29, 0.717) is 0 Å². The summed E-state index contributed by atoms with van der Waals surface area (Å²) < 4.78 is 21.7. The third kappa shape index (κ3) is 2.06. The van der Waals surface area contributed by atoms with Crippen LogP contribution in [0.5, 0.6) is 0 Å². The number of nitrogens with one attached hydrogen (secondary N) is 2. The van der Waals surface area contributed by atoms with Crippen LogP contribution in [0.4, 0.5) is 0 Å². The van der Waals surface area contributed by atoms with Gasteiger partial charge in [-0.2, -0.15) is 0 Å². The minimum Gasteiger partial charge on any atom is -0.350 e. The molecule has 2 aliphatic rings. The first-order chi connectivity index (χ1) is 6.57. The van der Waals surface area contributed by atoms with Crippen molar-refractivity contribution in [2.24, 2.45) is 0 Å². The van der Waals surface area contributed by atoms with E-state index in [9.17, 15) is 13.2 Å². The summed E-state index contributed by atoms with van der Waals surface area (Å²) in [6.45, 7) is 0.876. The van der Waals surface area contributed by atoms with Crippen LogP contribution in [0.15, 0.2) is 0 Å². The Labute approximate surface area is 83.2 Å². The molecule has 80 valence electrons. The molecule has 0 aliphatic carbocycles. The van der Waals surface area contributed by atoms with Crippen LogP contribution in [0.2, 0.25) is 0 Å². The van der Waals surface area contributed by atoms with Crippen molar-refractivity contribution in [3.05, 3.63) is 0 Å². The van der Waals surface area contributed by atoms with Gasteiger partial charge in [0.2, 0.25) is 5.91 Å². The number of carbonyl (C=O) groups is 1. The highest BCUT2D eigenvalue weighted by Gasteiger charge is 2.35. The molecule has 2 N–H and O–H groups in total. The van der Waals surface area contributed by atoms with Crippen molar-refractivity contribution in [1.29, 1.82) is 0 Å². The second-order valence-electron chi connectivity index (χ2n) is 3.93. The third-order valence-corrected chi connectivity index (χ3v) is 4.45. The number of hydrogen-bond donors (Lipinski definition) is 2. The predicted octanol–water partition coefficient (Wildman–Crippen LogP) is -1.35. The van der Waals surface area contributed by atoms with E-state index < -0.39 is 9.84 Å². The fourth-order valence-corrected chi connectivity index (χ4v) is 3.15. The summed E-state index contributed by atoms with van der Waals surface area (Å²) in [6.07, 6.45) is 1.87. The normalized spacial score (nSPS) is 31.0. The monoisotopic (exact) mass is 218 g/mol. The van der Waals surface area contributed by atoms with Crippen LogP contribution in [-0.4, -0.2) is 44.5 Å². The van der Waals surface area contributed by atoms with Gasteiger partial charge in [-0.05, 0) is 19.4 Å². The first-order valence-corrected chi connectivity index (χ1v) is 6.63. The van der Waals surface area contributed by atoms with Crippen molar-refractivity contribution >= 4 is 15.7 Å². The fourth-order valence-electron chi connectivity index (χ4n) is 1.86. The van der Waals surface area contributed by atoms with Gasteiger partial charge in [-0.15, -0.1) is 0 Å². The molecule has 2 aliphatic heterocycles. The molecule has 0 aromatic heterocycles. The van der Waals surface area contributed by atoms with E-state index in [1.807, 2.05) is 0 Å². The van der Waals surface area contributed by atoms with Gasteiger partial charge >= 0.3 is 0 Å². The zero-order valence-electron chi connectivity index (χ0n) is 7.82. The first kappa shape index (κ1) is 9.92. The van der Waals surface area contributed by atoms with Crippen LogP contribution in [-0.2, 0) is 14.6 Å². The summed E-state index contributed by atoms with van der Waals surface area (Å²) in [7, 11) is -2.83. The third-order valence-electron chi connectivity index (χ3n) is 2.63. The Bertz CT molecular complexity index is 320. The quantitative estimate of drug-likeness (QED) is 0.601. The van der Waals surface area contributed by atoms with Gasteiger partial charge in [0.25, 0.3) is 0 Å². The molecule has 0 spiro atoms. The minimum atomic E-state index is -2.83. The van der Waals surface area contributed by atoms with Crippen molar-refractivity contribution in [2.75, 3.05) is 18.1 Å². The minimum absolute atomic E-state index is 0.0533. The van der Waals surface area contributed by atoms with Crippen LogP contribution in [0.25, 0.3) is 0 Å². The van der Waals surface area contributed by atoms with Gasteiger partial charge in [0.05, 0.1) is 23.6 Å². The topological polar surface area (TPSA) is 75.3 Å². The van der Waals surface area contributed by atoms with Gasteiger partial charge in [0, 0.05) is 0 Å². The number of amides is 1. The zero-order chi connectivity index (χ0) is 10.2. The van der Waals surface area contributed by atoms with Gasteiger partial charge in [-0.1, -0.05) is 0 Å². The van der Waals surface area contributed by atoms with Crippen molar-refractivity contribution in [2.45, 2.75) is 24.9 Å². The molecule has 14 heavy (non-hydrogen) atoms. The van der Waals surface area contributed by atoms with Gasteiger partial charge in [-0.25, -0.2) is 8.42 Å². The molecule has 0 aromatic carbocycles. The van der Waals surface area contributed by atoms with Crippen molar-refractivity contribution in [3.63, 3.8) is 0 Å². The molecule has 1 atom stereocenters. The van der Waals surface area contributed by atoms with Gasteiger partial charge < -0.3 is 10.6 Å². The Hall–Kier alpha value is -0.620. The summed E-state index contributed by atoms with van der Waals surface area (Å²) >= 11 is 0. The zero-order valence-corrected chi connectivity index (χ0v) is 8.64. The summed E-state index contributed by atoms with van der Waals surface area (Å²) in [5.41, 5.74) is 0. The number of hydrogen-bond acceptors (Lipinski definition) is 4. The smallest absolute Gasteiger partial charge is 0.237 e. The maximum absolute atomic E-state index is 11.5. The molecule has 0 aromatic rings. The van der Waals surface area contributed by atoms with E-state index in [2.05, 4.69) is 10.6 Å². The maximum Gasteiger partial charge on any atom is 0.237 e. The number of sulfone groups is 1. The largest absolute Gasteiger partial charge is 0.350 e. The molecular weight excluding hydrogens is 204 g/mol. The molecule has 5 nitrogen and oxygen atoms in total. The van der Waals surface area contributed by atoms with E-state index >= 15 is 0 Å². The SMILES string of the molecule is O=C(NC1CS(=O)(=O)C1)[C@@H]1CCCN1. The fraction of sp³-hybridized carbons (Fsp3) is 0.875. The van der Waals surface area contributed by atoms with E-state index in [4.69, 9.17) is 0 Å². The molecule has 0 saturated carbocycles. The Morgan fingerprint density at radius 2 is 2.07 bits per heavy atom.